The second-order valence-electron chi connectivity index (χ2n) is 2.83. The van der Waals surface area contributed by atoms with Crippen LogP contribution >= 0.6 is 11.3 Å². The van der Waals surface area contributed by atoms with Crippen molar-refractivity contribution in [3.05, 3.63) is 35.0 Å². The average Bonchev–Trinajstić information content (AvgIpc) is 2.68. The highest BCUT2D eigenvalue weighted by atomic mass is 32.1. The van der Waals surface area contributed by atoms with E-state index in [0.717, 1.165) is 5.56 Å². The number of carbonyl (C=O) groups is 1. The first kappa shape index (κ1) is 10.9. The fraction of sp³-hybridized carbons (Fsp3) is 0.300. The van der Waals surface area contributed by atoms with E-state index >= 15 is 0 Å². The quantitative estimate of drug-likeness (QED) is 0.546. The summed E-state index contributed by atoms with van der Waals surface area (Å²) in [6, 6.07) is 2.00. The highest BCUT2D eigenvalue weighted by Gasteiger charge is 1.99. The number of nitrogens with one attached hydrogen (secondary N) is 2. The molecule has 2 N–H and O–H groups in total. The van der Waals surface area contributed by atoms with Gasteiger partial charge in [-0.2, -0.15) is 11.3 Å². The molecule has 0 aliphatic heterocycles. The Morgan fingerprint density at radius 3 is 3.14 bits per heavy atom. The first-order valence-electron chi connectivity index (χ1n) is 4.42. The molecule has 3 nitrogen and oxygen atoms in total. The van der Waals surface area contributed by atoms with Crippen molar-refractivity contribution in [3.63, 3.8) is 0 Å². The van der Waals surface area contributed by atoms with E-state index in [1.54, 1.807) is 17.4 Å². The van der Waals surface area contributed by atoms with Gasteiger partial charge in [-0.25, -0.2) is 0 Å². The highest BCUT2D eigenvalue weighted by molar-refractivity contribution is 7.07. The highest BCUT2D eigenvalue weighted by Crippen LogP contribution is 2.04. The van der Waals surface area contributed by atoms with Crippen molar-refractivity contribution in [2.45, 2.75) is 6.54 Å². The van der Waals surface area contributed by atoms with Crippen LogP contribution in [0.3, 0.4) is 0 Å². The molecular weight excluding hydrogens is 196 g/mol. The lowest BCUT2D eigenvalue weighted by atomic mass is 10.3. The summed E-state index contributed by atoms with van der Waals surface area (Å²) < 4.78 is 0. The average molecular weight is 210 g/mol. The van der Waals surface area contributed by atoms with Crippen LogP contribution in [0, 0.1) is 0 Å². The van der Waals surface area contributed by atoms with E-state index in [-0.39, 0.29) is 5.91 Å². The van der Waals surface area contributed by atoms with E-state index < -0.39 is 0 Å². The van der Waals surface area contributed by atoms with Crippen LogP contribution < -0.4 is 10.6 Å². The van der Waals surface area contributed by atoms with Gasteiger partial charge in [0.2, 0.25) is 5.91 Å². The van der Waals surface area contributed by atoms with Gasteiger partial charge in [-0.15, -0.1) is 6.58 Å². The van der Waals surface area contributed by atoms with Gasteiger partial charge in [0.15, 0.2) is 0 Å². The molecule has 14 heavy (non-hydrogen) atoms. The molecule has 1 heterocycles. The van der Waals surface area contributed by atoms with Crippen LogP contribution in [0.15, 0.2) is 29.5 Å². The maximum atomic E-state index is 11.2. The van der Waals surface area contributed by atoms with Gasteiger partial charge in [0.25, 0.3) is 0 Å². The summed E-state index contributed by atoms with van der Waals surface area (Å²) >= 11 is 1.63. The maximum absolute atomic E-state index is 11.2. The van der Waals surface area contributed by atoms with E-state index in [1.165, 1.54) is 0 Å². The molecule has 1 amide bonds. The van der Waals surface area contributed by atoms with Crippen molar-refractivity contribution >= 4 is 17.2 Å². The van der Waals surface area contributed by atoms with Gasteiger partial charge in [-0.3, -0.25) is 4.79 Å². The van der Waals surface area contributed by atoms with Crippen molar-refractivity contribution in [2.75, 3.05) is 13.1 Å². The second kappa shape index (κ2) is 6.34. The number of rotatable bonds is 6. The van der Waals surface area contributed by atoms with Gasteiger partial charge in [-0.1, -0.05) is 6.08 Å². The number of carbonyl (C=O) groups excluding carboxylic acids is 1. The zero-order chi connectivity index (χ0) is 10.2. The molecular formula is C10H14N2OS. The van der Waals surface area contributed by atoms with Crippen LogP contribution in [0.1, 0.15) is 5.56 Å². The summed E-state index contributed by atoms with van der Waals surface area (Å²) in [5.74, 6) is 0.0121. The molecule has 4 heteroatoms. The summed E-state index contributed by atoms with van der Waals surface area (Å²) in [7, 11) is 0. The van der Waals surface area contributed by atoms with E-state index in [0.29, 0.717) is 19.6 Å². The molecule has 0 aliphatic rings. The Labute approximate surface area is 87.8 Å². The first-order chi connectivity index (χ1) is 6.83. The fourth-order valence-corrected chi connectivity index (χ4v) is 1.61. The van der Waals surface area contributed by atoms with Crippen LogP contribution in [0.2, 0.25) is 0 Å². The topological polar surface area (TPSA) is 41.1 Å². The zero-order valence-corrected chi connectivity index (χ0v) is 8.77. The first-order valence-corrected chi connectivity index (χ1v) is 5.36. The molecule has 0 saturated carbocycles. The van der Waals surface area contributed by atoms with Gasteiger partial charge in [0, 0.05) is 13.1 Å². The molecule has 0 unspecified atom stereocenters. The minimum Gasteiger partial charge on any atom is -0.351 e. The second-order valence-corrected chi connectivity index (χ2v) is 3.61. The summed E-state index contributed by atoms with van der Waals surface area (Å²) in [5.41, 5.74) is 1.15. The molecule has 76 valence electrons. The minimum absolute atomic E-state index is 0.0121. The Morgan fingerprint density at radius 2 is 2.50 bits per heavy atom. The maximum Gasteiger partial charge on any atom is 0.234 e. The summed E-state index contributed by atoms with van der Waals surface area (Å²) in [6.45, 7) is 5.16. The Morgan fingerprint density at radius 1 is 1.64 bits per heavy atom. The van der Waals surface area contributed by atoms with E-state index in [2.05, 4.69) is 17.2 Å². The number of amides is 1. The van der Waals surface area contributed by atoms with Crippen LogP contribution in [0.25, 0.3) is 0 Å². The lowest BCUT2D eigenvalue weighted by Gasteiger charge is -2.03. The van der Waals surface area contributed by atoms with Crippen LogP contribution in [0.5, 0.6) is 0 Å². The smallest absolute Gasteiger partial charge is 0.234 e. The fourth-order valence-electron chi connectivity index (χ4n) is 0.944. The molecule has 1 aromatic heterocycles. The standard InChI is InChI=1S/C10H14N2OS/c1-2-4-11-7-10(13)12-6-9-3-5-14-8-9/h2-3,5,8,11H,1,4,6-7H2,(H,12,13). The molecule has 0 bridgehead atoms. The predicted octanol–water partition coefficient (Wildman–Crippen LogP) is 1.14. The molecule has 0 aliphatic carbocycles. The van der Waals surface area contributed by atoms with Crippen LogP contribution in [-0.4, -0.2) is 19.0 Å². The van der Waals surface area contributed by atoms with Crippen molar-refractivity contribution in [1.29, 1.82) is 0 Å². The Kier molecular flexibility index (Phi) is 4.96. The van der Waals surface area contributed by atoms with E-state index in [4.69, 9.17) is 0 Å². The minimum atomic E-state index is 0.0121. The lowest BCUT2D eigenvalue weighted by molar-refractivity contribution is -0.120. The zero-order valence-electron chi connectivity index (χ0n) is 7.95. The Bertz CT molecular complexity index is 282. The molecule has 1 rings (SSSR count). The molecule has 0 spiro atoms. The van der Waals surface area contributed by atoms with E-state index in [9.17, 15) is 4.79 Å². The summed E-state index contributed by atoms with van der Waals surface area (Å²) in [4.78, 5) is 11.2. The molecule has 1 aromatic rings. The predicted molar refractivity (Wildman–Crippen MR) is 59.2 cm³/mol. The van der Waals surface area contributed by atoms with Crippen LogP contribution in [0.4, 0.5) is 0 Å². The number of thiophene rings is 1. The Balaban J connectivity index is 2.12. The number of hydrogen-bond donors (Lipinski definition) is 2. The van der Waals surface area contributed by atoms with E-state index in [1.807, 2.05) is 16.8 Å². The molecule has 0 fully saturated rings. The van der Waals surface area contributed by atoms with Gasteiger partial charge < -0.3 is 10.6 Å². The molecule has 0 radical (unpaired) electrons. The SMILES string of the molecule is C=CCNCC(=O)NCc1ccsc1. The number of hydrogen-bond acceptors (Lipinski definition) is 3. The van der Waals surface area contributed by atoms with Gasteiger partial charge >= 0.3 is 0 Å². The summed E-state index contributed by atoms with van der Waals surface area (Å²) in [5, 5.41) is 9.78. The van der Waals surface area contributed by atoms with Gasteiger partial charge in [0.05, 0.1) is 6.54 Å². The third kappa shape index (κ3) is 4.20. The van der Waals surface area contributed by atoms with Crippen molar-refractivity contribution < 1.29 is 4.79 Å². The largest absolute Gasteiger partial charge is 0.351 e. The van der Waals surface area contributed by atoms with Crippen molar-refractivity contribution in [1.82, 2.24) is 10.6 Å². The molecule has 0 atom stereocenters. The third-order valence-corrected chi connectivity index (χ3v) is 2.38. The monoisotopic (exact) mass is 210 g/mol. The molecule has 0 aromatic carbocycles. The van der Waals surface area contributed by atoms with Gasteiger partial charge in [0.1, 0.15) is 0 Å². The van der Waals surface area contributed by atoms with Crippen molar-refractivity contribution in [2.24, 2.45) is 0 Å². The third-order valence-electron chi connectivity index (χ3n) is 1.64. The normalized spacial score (nSPS) is 9.71. The Hall–Kier alpha value is -1.13. The van der Waals surface area contributed by atoms with Crippen LogP contribution in [-0.2, 0) is 11.3 Å². The van der Waals surface area contributed by atoms with Crippen molar-refractivity contribution in [3.8, 4) is 0 Å². The molecule has 0 saturated heterocycles. The lowest BCUT2D eigenvalue weighted by Crippen LogP contribution is -2.33. The van der Waals surface area contributed by atoms with Gasteiger partial charge in [-0.05, 0) is 22.4 Å². The summed E-state index contributed by atoms with van der Waals surface area (Å²) in [6.07, 6.45) is 1.73.